The molecule has 40 heavy (non-hydrogen) atoms. The topological polar surface area (TPSA) is 122 Å². The molecule has 1 fully saturated rings. The Labute approximate surface area is 240 Å². The summed E-state index contributed by atoms with van der Waals surface area (Å²) >= 11 is 6.04. The number of halogens is 1. The van der Waals surface area contributed by atoms with Gasteiger partial charge in [0.05, 0.1) is 12.0 Å². The van der Waals surface area contributed by atoms with Crippen LogP contribution in [0.2, 0.25) is 5.02 Å². The van der Waals surface area contributed by atoms with Crippen molar-refractivity contribution in [3.63, 3.8) is 0 Å². The zero-order valence-electron chi connectivity index (χ0n) is 22.0. The van der Waals surface area contributed by atoms with Crippen molar-refractivity contribution in [3.05, 3.63) is 88.9 Å². The number of ether oxygens (including phenoxy) is 1. The van der Waals surface area contributed by atoms with Gasteiger partial charge in [0.15, 0.2) is 0 Å². The SMILES string of the molecule is COc1ccc(Cl)cc1S(=O)(=O)NC(Cc1ccccc1)C(=O)NCc1ccc(S(=O)(=O)N2CCCCC2)cc1. The second kappa shape index (κ2) is 13.1. The lowest BCUT2D eigenvalue weighted by Crippen LogP contribution is -2.47. The molecule has 0 radical (unpaired) electrons. The van der Waals surface area contributed by atoms with Crippen LogP contribution < -0.4 is 14.8 Å². The van der Waals surface area contributed by atoms with Gasteiger partial charge < -0.3 is 10.1 Å². The Morgan fingerprint density at radius 1 is 0.925 bits per heavy atom. The third-order valence-electron chi connectivity index (χ3n) is 6.65. The second-order valence-electron chi connectivity index (χ2n) is 9.49. The molecular formula is C28H32ClN3O6S2. The minimum Gasteiger partial charge on any atom is -0.495 e. The number of carbonyl (C=O) groups excluding carboxylic acids is 1. The highest BCUT2D eigenvalue weighted by molar-refractivity contribution is 7.89. The highest BCUT2D eigenvalue weighted by Gasteiger charge is 2.29. The number of nitrogens with one attached hydrogen (secondary N) is 2. The summed E-state index contributed by atoms with van der Waals surface area (Å²) in [6.45, 7) is 1.11. The number of benzene rings is 3. The number of carbonyl (C=O) groups is 1. The smallest absolute Gasteiger partial charge is 0.245 e. The van der Waals surface area contributed by atoms with Crippen LogP contribution in [-0.4, -0.2) is 53.3 Å². The minimum absolute atomic E-state index is 0.0797. The summed E-state index contributed by atoms with van der Waals surface area (Å²) < 4.78 is 61.7. The van der Waals surface area contributed by atoms with Crippen molar-refractivity contribution in [2.75, 3.05) is 20.2 Å². The van der Waals surface area contributed by atoms with Gasteiger partial charge in [-0.1, -0.05) is 60.5 Å². The summed E-state index contributed by atoms with van der Waals surface area (Å²) in [5, 5.41) is 2.98. The summed E-state index contributed by atoms with van der Waals surface area (Å²) in [5.41, 5.74) is 1.43. The number of sulfonamides is 2. The Hall–Kier alpha value is -2.96. The third kappa shape index (κ3) is 7.41. The summed E-state index contributed by atoms with van der Waals surface area (Å²) in [4.78, 5) is 13.3. The minimum atomic E-state index is -4.20. The fourth-order valence-electron chi connectivity index (χ4n) is 4.49. The first-order chi connectivity index (χ1) is 19.1. The summed E-state index contributed by atoms with van der Waals surface area (Å²) in [6.07, 6.45) is 2.82. The number of methoxy groups -OCH3 is 1. The standard InChI is InChI=1S/C28H32ClN3O6S2/c1-38-26-15-12-23(29)19-27(26)39(34,35)31-25(18-21-8-4-2-5-9-21)28(33)30-20-22-10-13-24(14-11-22)40(36,37)32-16-6-3-7-17-32/h2,4-5,8-15,19,25,31H,3,6-7,16-18,20H2,1H3,(H,30,33). The third-order valence-corrected chi connectivity index (χ3v) is 10.3. The first-order valence-corrected chi connectivity index (χ1v) is 16.2. The van der Waals surface area contributed by atoms with E-state index in [0.29, 0.717) is 18.7 Å². The van der Waals surface area contributed by atoms with E-state index in [1.54, 1.807) is 36.4 Å². The van der Waals surface area contributed by atoms with E-state index in [2.05, 4.69) is 10.0 Å². The van der Waals surface area contributed by atoms with Crippen molar-refractivity contribution in [1.82, 2.24) is 14.3 Å². The quantitative estimate of drug-likeness (QED) is 0.343. The van der Waals surface area contributed by atoms with E-state index in [1.807, 2.05) is 6.07 Å². The van der Waals surface area contributed by atoms with Crippen LogP contribution in [0.25, 0.3) is 0 Å². The maximum atomic E-state index is 13.3. The molecule has 1 atom stereocenters. The lowest BCUT2D eigenvalue weighted by Gasteiger charge is -2.25. The Balaban J connectivity index is 1.49. The normalized spacial score (nSPS) is 15.3. The van der Waals surface area contributed by atoms with Crippen LogP contribution in [0.5, 0.6) is 5.75 Å². The van der Waals surface area contributed by atoms with Crippen LogP contribution >= 0.6 is 11.6 Å². The Kier molecular flexibility index (Phi) is 9.85. The van der Waals surface area contributed by atoms with Crippen molar-refractivity contribution in [1.29, 1.82) is 0 Å². The molecule has 9 nitrogen and oxygen atoms in total. The van der Waals surface area contributed by atoms with Crippen LogP contribution in [0.3, 0.4) is 0 Å². The molecule has 1 unspecified atom stereocenters. The summed E-state index contributed by atoms with van der Waals surface area (Å²) in [7, 11) is -6.41. The summed E-state index contributed by atoms with van der Waals surface area (Å²) in [6, 6.07) is 18.5. The van der Waals surface area contributed by atoms with Crippen LogP contribution in [-0.2, 0) is 37.8 Å². The molecule has 0 spiro atoms. The zero-order chi connectivity index (χ0) is 28.8. The molecule has 0 saturated carbocycles. The van der Waals surface area contributed by atoms with Crippen molar-refractivity contribution < 1.29 is 26.4 Å². The predicted molar refractivity (Wildman–Crippen MR) is 153 cm³/mol. The van der Waals surface area contributed by atoms with Crippen molar-refractivity contribution in [3.8, 4) is 5.75 Å². The summed E-state index contributed by atoms with van der Waals surface area (Å²) in [5.74, 6) is -0.450. The molecule has 214 valence electrons. The molecule has 1 aliphatic heterocycles. The van der Waals surface area contributed by atoms with E-state index < -0.39 is 32.0 Å². The lowest BCUT2D eigenvalue weighted by molar-refractivity contribution is -0.122. The molecule has 3 aromatic rings. The molecule has 1 saturated heterocycles. The van der Waals surface area contributed by atoms with E-state index in [1.165, 1.54) is 41.7 Å². The number of hydrogen-bond acceptors (Lipinski definition) is 6. The van der Waals surface area contributed by atoms with Crippen LogP contribution in [0, 0.1) is 0 Å². The van der Waals surface area contributed by atoms with E-state index >= 15 is 0 Å². The Morgan fingerprint density at radius 2 is 1.60 bits per heavy atom. The maximum absolute atomic E-state index is 13.3. The molecule has 2 N–H and O–H groups in total. The van der Waals surface area contributed by atoms with Gasteiger partial charge in [0, 0.05) is 24.7 Å². The van der Waals surface area contributed by atoms with Crippen molar-refractivity contribution in [2.45, 2.75) is 48.1 Å². The molecule has 0 aromatic heterocycles. The van der Waals surface area contributed by atoms with Gasteiger partial charge in [-0.2, -0.15) is 9.03 Å². The van der Waals surface area contributed by atoms with Gasteiger partial charge in [-0.05, 0) is 60.7 Å². The number of hydrogen-bond donors (Lipinski definition) is 2. The number of rotatable bonds is 11. The van der Waals surface area contributed by atoms with Gasteiger partial charge >= 0.3 is 0 Å². The monoisotopic (exact) mass is 605 g/mol. The first-order valence-electron chi connectivity index (χ1n) is 12.9. The highest BCUT2D eigenvalue weighted by atomic mass is 35.5. The molecule has 3 aromatic carbocycles. The Bertz CT molecular complexity index is 1530. The van der Waals surface area contributed by atoms with Gasteiger partial charge in [0.1, 0.15) is 16.7 Å². The van der Waals surface area contributed by atoms with Crippen LogP contribution in [0.15, 0.2) is 82.6 Å². The van der Waals surface area contributed by atoms with Gasteiger partial charge in [0.2, 0.25) is 26.0 Å². The average Bonchev–Trinajstić information content (AvgIpc) is 2.96. The van der Waals surface area contributed by atoms with Crippen LogP contribution in [0.1, 0.15) is 30.4 Å². The fraction of sp³-hybridized carbons (Fsp3) is 0.321. The van der Waals surface area contributed by atoms with Gasteiger partial charge in [0.25, 0.3) is 0 Å². The van der Waals surface area contributed by atoms with Gasteiger partial charge in [-0.25, -0.2) is 16.8 Å². The lowest BCUT2D eigenvalue weighted by atomic mass is 10.1. The van der Waals surface area contributed by atoms with E-state index in [9.17, 15) is 21.6 Å². The number of amides is 1. The maximum Gasteiger partial charge on any atom is 0.245 e. The van der Waals surface area contributed by atoms with E-state index in [0.717, 1.165) is 24.8 Å². The zero-order valence-corrected chi connectivity index (χ0v) is 24.4. The molecule has 1 amide bonds. The van der Waals surface area contributed by atoms with E-state index in [4.69, 9.17) is 16.3 Å². The molecule has 1 aliphatic rings. The van der Waals surface area contributed by atoms with Crippen LogP contribution in [0.4, 0.5) is 0 Å². The van der Waals surface area contributed by atoms with Crippen molar-refractivity contribution in [2.24, 2.45) is 0 Å². The Morgan fingerprint density at radius 3 is 2.25 bits per heavy atom. The van der Waals surface area contributed by atoms with Gasteiger partial charge in [-0.15, -0.1) is 0 Å². The second-order valence-corrected chi connectivity index (χ2v) is 13.5. The molecule has 4 rings (SSSR count). The highest BCUT2D eigenvalue weighted by Crippen LogP contribution is 2.27. The first kappa shape index (κ1) is 30.0. The number of piperidine rings is 1. The largest absolute Gasteiger partial charge is 0.495 e. The predicted octanol–water partition coefficient (Wildman–Crippen LogP) is 3.73. The van der Waals surface area contributed by atoms with E-state index in [-0.39, 0.29) is 33.5 Å². The van der Waals surface area contributed by atoms with Gasteiger partial charge in [-0.3, -0.25) is 4.79 Å². The molecule has 0 bridgehead atoms. The number of nitrogens with zero attached hydrogens (tertiary/aromatic N) is 1. The molecule has 12 heteroatoms. The fourth-order valence-corrected chi connectivity index (χ4v) is 7.64. The molecular weight excluding hydrogens is 574 g/mol. The molecule has 0 aliphatic carbocycles. The van der Waals surface area contributed by atoms with Crippen molar-refractivity contribution >= 4 is 37.6 Å². The molecule has 1 heterocycles. The average molecular weight is 606 g/mol.